The summed E-state index contributed by atoms with van der Waals surface area (Å²) in [4.78, 5) is 15.2. The van der Waals surface area contributed by atoms with Gasteiger partial charge in [0.2, 0.25) is 5.91 Å². The number of hydrogen-bond acceptors (Lipinski definition) is 5. The molecule has 10 heteroatoms. The molecule has 0 spiro atoms. The zero-order chi connectivity index (χ0) is 23.8. The van der Waals surface area contributed by atoms with Gasteiger partial charge in [-0.05, 0) is 73.4 Å². The Hall–Kier alpha value is -2.07. The Morgan fingerprint density at radius 2 is 2.03 bits per heavy atom. The highest BCUT2D eigenvalue weighted by Gasteiger charge is 2.32. The number of rotatable bonds is 7. The average molecular weight is 509 g/mol. The molecule has 1 aliphatic heterocycles. The number of aromatic nitrogens is 1. The van der Waals surface area contributed by atoms with Crippen LogP contribution in [0.15, 0.2) is 40.7 Å². The number of sulfonamides is 1. The second-order valence-corrected chi connectivity index (χ2v) is 12.1. The molecule has 7 nitrogen and oxygen atoms in total. The van der Waals surface area contributed by atoms with Crippen molar-refractivity contribution in [2.45, 2.75) is 49.9 Å². The van der Waals surface area contributed by atoms with Crippen molar-refractivity contribution in [1.82, 2.24) is 14.2 Å². The minimum Gasteiger partial charge on any atom is -0.385 e. The smallest absolute Gasteiger partial charge is 0.251 e. The topological polar surface area (TPSA) is 97.4 Å². The first-order valence-corrected chi connectivity index (χ1v) is 13.7. The van der Waals surface area contributed by atoms with Crippen molar-refractivity contribution < 1.29 is 13.2 Å². The predicted octanol–water partition coefficient (Wildman–Crippen LogP) is 4.24. The molecular weight excluding hydrogens is 480 g/mol. The van der Waals surface area contributed by atoms with Crippen LogP contribution >= 0.6 is 22.9 Å². The van der Waals surface area contributed by atoms with Crippen molar-refractivity contribution in [3.8, 4) is 0 Å². The average Bonchev–Trinajstić information content (AvgIpc) is 3.34. The van der Waals surface area contributed by atoms with Crippen molar-refractivity contribution in [2.24, 2.45) is 5.92 Å². The lowest BCUT2D eigenvalue weighted by Crippen LogP contribution is -2.50. The summed E-state index contributed by atoms with van der Waals surface area (Å²) < 4.78 is 32.5. The highest BCUT2D eigenvalue weighted by atomic mass is 35.5. The highest BCUT2D eigenvalue weighted by Crippen LogP contribution is 2.35. The number of fused-ring (bicyclic) bond motifs is 1. The van der Waals surface area contributed by atoms with E-state index < -0.39 is 16.1 Å². The van der Waals surface area contributed by atoms with E-state index in [1.54, 1.807) is 30.0 Å². The molecule has 3 N–H and O–H groups in total. The molecule has 0 radical (unpaired) electrons. The predicted molar refractivity (Wildman–Crippen MR) is 134 cm³/mol. The number of thiophene rings is 1. The Morgan fingerprint density at radius 3 is 2.70 bits per heavy atom. The van der Waals surface area contributed by atoms with Crippen LogP contribution in [0.5, 0.6) is 0 Å². The second kappa shape index (κ2) is 9.66. The number of amides is 1. The molecule has 1 saturated heterocycles. The highest BCUT2D eigenvalue weighted by molar-refractivity contribution is 7.91. The lowest BCUT2D eigenvalue weighted by Gasteiger charge is -2.33. The molecule has 2 aromatic heterocycles. The van der Waals surface area contributed by atoms with Crippen LogP contribution in [0.1, 0.15) is 31.7 Å². The van der Waals surface area contributed by atoms with Gasteiger partial charge in [-0.2, -0.15) is 4.72 Å². The van der Waals surface area contributed by atoms with Crippen molar-refractivity contribution in [2.75, 3.05) is 18.8 Å². The minimum atomic E-state index is -3.92. The van der Waals surface area contributed by atoms with Crippen molar-refractivity contribution in [3.63, 3.8) is 0 Å². The van der Waals surface area contributed by atoms with Gasteiger partial charge < -0.3 is 15.2 Å². The van der Waals surface area contributed by atoms with E-state index in [1.807, 2.05) is 22.9 Å². The van der Waals surface area contributed by atoms with Gasteiger partial charge in [-0.25, -0.2) is 8.42 Å². The third-order valence-electron chi connectivity index (χ3n) is 6.31. The van der Waals surface area contributed by atoms with Gasteiger partial charge in [0.25, 0.3) is 10.0 Å². The van der Waals surface area contributed by atoms with Crippen LogP contribution < -0.4 is 10.5 Å². The van der Waals surface area contributed by atoms with Gasteiger partial charge in [0.15, 0.2) is 0 Å². The number of piperidine rings is 1. The summed E-state index contributed by atoms with van der Waals surface area (Å²) in [5, 5.41) is 1.36. The molecule has 1 fully saturated rings. The third kappa shape index (κ3) is 5.21. The molecule has 4 rings (SSSR count). The Kier molecular flexibility index (Phi) is 7.04. The lowest BCUT2D eigenvalue weighted by molar-refractivity contribution is -0.134. The number of carbonyl (C=O) groups excluding carboxylic acids is 1. The first kappa shape index (κ1) is 24.1. The van der Waals surface area contributed by atoms with Gasteiger partial charge in [0, 0.05) is 35.6 Å². The second-order valence-electron chi connectivity index (χ2n) is 8.75. The maximum atomic E-state index is 13.4. The third-order valence-corrected chi connectivity index (χ3v) is 9.91. The molecule has 178 valence electrons. The number of likely N-dealkylation sites (tertiary alicyclic amines) is 1. The van der Waals surface area contributed by atoms with E-state index in [4.69, 9.17) is 17.3 Å². The van der Waals surface area contributed by atoms with Crippen LogP contribution in [-0.4, -0.2) is 42.9 Å². The van der Waals surface area contributed by atoms with Crippen molar-refractivity contribution in [3.05, 3.63) is 47.1 Å². The molecule has 1 aromatic carbocycles. The lowest BCUT2D eigenvalue weighted by atomic mass is 9.98. The normalized spacial score (nSPS) is 16.4. The summed E-state index contributed by atoms with van der Waals surface area (Å²) in [6.45, 7) is 5.66. The van der Waals surface area contributed by atoms with Crippen LogP contribution in [0.25, 0.3) is 10.1 Å². The number of carbonyl (C=O) groups is 1. The Bertz CT molecular complexity index is 1260. The van der Waals surface area contributed by atoms with E-state index >= 15 is 0 Å². The Morgan fingerprint density at radius 1 is 1.30 bits per heavy atom. The van der Waals surface area contributed by atoms with E-state index in [0.717, 1.165) is 22.9 Å². The zero-order valence-electron chi connectivity index (χ0n) is 18.8. The largest absolute Gasteiger partial charge is 0.385 e. The zero-order valence-corrected chi connectivity index (χ0v) is 21.1. The first-order valence-electron chi connectivity index (χ1n) is 11.1. The quantitative estimate of drug-likeness (QED) is 0.498. The van der Waals surface area contributed by atoms with Crippen LogP contribution in [0, 0.1) is 12.8 Å². The summed E-state index contributed by atoms with van der Waals surface area (Å²) in [5.74, 6) is 0.961. The molecule has 1 atom stereocenters. The minimum absolute atomic E-state index is 0.182. The Balaban J connectivity index is 1.61. The maximum Gasteiger partial charge on any atom is 0.251 e. The number of nitrogens with zero attached hydrogens (tertiary/aromatic N) is 2. The van der Waals surface area contributed by atoms with E-state index in [-0.39, 0.29) is 10.1 Å². The standard InChI is InChI=1S/C23H29ClN4O3S2/c1-15-7-11-28(12-8-15)22(29)19(9-13-27-10-3-4-21(27)25)26-33(30,31)23-16(2)18-14-17(24)5-6-20(18)32-23/h3-6,10,14-15,19,26H,7-9,11-13,25H2,1-2H3. The van der Waals surface area contributed by atoms with Crippen LogP contribution in [0.3, 0.4) is 0 Å². The van der Waals surface area contributed by atoms with Crippen LogP contribution in [0.4, 0.5) is 5.82 Å². The molecule has 3 aromatic rings. The molecular formula is C23H29ClN4O3S2. The van der Waals surface area contributed by atoms with Gasteiger partial charge in [-0.15, -0.1) is 11.3 Å². The number of halogens is 1. The van der Waals surface area contributed by atoms with E-state index in [0.29, 0.717) is 48.4 Å². The SMILES string of the molecule is Cc1c(S(=O)(=O)NC(CCn2cccc2N)C(=O)N2CCC(C)CC2)sc2ccc(Cl)cc12. The number of anilines is 1. The number of benzene rings is 1. The Labute approximate surface area is 203 Å². The van der Waals surface area contributed by atoms with E-state index in [2.05, 4.69) is 11.6 Å². The van der Waals surface area contributed by atoms with Gasteiger partial charge in [0.1, 0.15) is 16.1 Å². The van der Waals surface area contributed by atoms with Crippen LogP contribution in [-0.2, 0) is 21.4 Å². The molecule has 1 amide bonds. The van der Waals surface area contributed by atoms with Crippen molar-refractivity contribution >= 4 is 54.8 Å². The number of nitrogens with one attached hydrogen (secondary N) is 1. The van der Waals surface area contributed by atoms with Gasteiger partial charge >= 0.3 is 0 Å². The first-order chi connectivity index (χ1) is 15.7. The van der Waals surface area contributed by atoms with Gasteiger partial charge in [-0.3, -0.25) is 4.79 Å². The molecule has 1 unspecified atom stereocenters. The van der Waals surface area contributed by atoms with E-state index in [1.165, 1.54) is 11.3 Å². The molecule has 3 heterocycles. The van der Waals surface area contributed by atoms with E-state index in [9.17, 15) is 13.2 Å². The fraction of sp³-hybridized carbons (Fsp3) is 0.435. The van der Waals surface area contributed by atoms with Crippen LogP contribution in [0.2, 0.25) is 5.02 Å². The maximum absolute atomic E-state index is 13.4. The fourth-order valence-electron chi connectivity index (χ4n) is 4.25. The molecule has 1 aliphatic rings. The summed E-state index contributed by atoms with van der Waals surface area (Å²) in [6.07, 6.45) is 3.98. The number of aryl methyl sites for hydroxylation is 2. The summed E-state index contributed by atoms with van der Waals surface area (Å²) in [6, 6.07) is 8.06. The fourth-order valence-corrected chi connectivity index (χ4v) is 7.41. The molecule has 33 heavy (non-hydrogen) atoms. The van der Waals surface area contributed by atoms with Gasteiger partial charge in [0.05, 0.1) is 0 Å². The number of hydrogen-bond donors (Lipinski definition) is 2. The summed E-state index contributed by atoms with van der Waals surface area (Å²) in [5.41, 5.74) is 6.61. The monoisotopic (exact) mass is 508 g/mol. The van der Waals surface area contributed by atoms with Crippen molar-refractivity contribution in [1.29, 1.82) is 0 Å². The number of nitrogen functional groups attached to an aromatic ring is 1. The molecule has 0 bridgehead atoms. The summed E-state index contributed by atoms with van der Waals surface area (Å²) in [7, 11) is -3.92. The summed E-state index contributed by atoms with van der Waals surface area (Å²) >= 11 is 7.30. The van der Waals surface area contributed by atoms with Gasteiger partial charge in [-0.1, -0.05) is 18.5 Å². The molecule has 0 aliphatic carbocycles. The molecule has 0 saturated carbocycles. The number of nitrogens with two attached hydrogens (primary N) is 1.